The number of thioether (sulfide) groups is 1. The molecule has 9 heteroatoms. The lowest BCUT2D eigenvalue weighted by atomic mass is 10.2. The molecule has 0 amide bonds. The van der Waals surface area contributed by atoms with Crippen molar-refractivity contribution in [3.63, 3.8) is 0 Å². The highest BCUT2D eigenvalue weighted by Gasteiger charge is 2.27. The van der Waals surface area contributed by atoms with Crippen LogP contribution in [0, 0.1) is 0 Å². The van der Waals surface area contributed by atoms with Crippen LogP contribution in [-0.2, 0) is 6.54 Å². The van der Waals surface area contributed by atoms with Crippen molar-refractivity contribution < 1.29 is 18.0 Å². The van der Waals surface area contributed by atoms with Crippen molar-refractivity contribution in [2.45, 2.75) is 19.0 Å². The maximum Gasteiger partial charge on any atom is 0.441 e. The molecule has 0 saturated carbocycles. The lowest BCUT2D eigenvalue weighted by molar-refractivity contribution is -0.0328. The first-order valence-electron chi connectivity index (χ1n) is 4.76. The number of Topliss-reactive ketones (excluding diaryl/α,β-unsaturated/α-hetero) is 1. The summed E-state index contributed by atoms with van der Waals surface area (Å²) in [6.07, 6.45) is 0.959. The highest BCUT2D eigenvalue weighted by molar-refractivity contribution is 8.00. The van der Waals surface area contributed by atoms with Crippen molar-refractivity contribution >= 4 is 17.5 Å². The standard InChI is InChI=1S/C9H9F3N2O3S/c1-5(15)6-4-13-8(17)14(7(6)16)2-3-18-9(10,11)12/h4H,2-3H2,1H3,(H,13,17). The summed E-state index contributed by atoms with van der Waals surface area (Å²) in [4.78, 5) is 36.1. The molecule has 0 aromatic carbocycles. The van der Waals surface area contributed by atoms with E-state index in [1.165, 1.54) is 0 Å². The first-order chi connectivity index (χ1) is 8.22. The molecule has 1 aromatic rings. The van der Waals surface area contributed by atoms with Crippen LogP contribution in [0.15, 0.2) is 15.8 Å². The smallest absolute Gasteiger partial charge is 0.313 e. The van der Waals surface area contributed by atoms with E-state index in [1.54, 1.807) is 0 Å². The molecule has 1 rings (SSSR count). The van der Waals surface area contributed by atoms with E-state index in [9.17, 15) is 27.6 Å². The zero-order valence-corrected chi connectivity index (χ0v) is 10.0. The van der Waals surface area contributed by atoms with Crippen LogP contribution in [-0.4, -0.2) is 26.6 Å². The summed E-state index contributed by atoms with van der Waals surface area (Å²) in [5.41, 5.74) is -6.40. The topological polar surface area (TPSA) is 71.9 Å². The van der Waals surface area contributed by atoms with Crippen LogP contribution in [0.1, 0.15) is 17.3 Å². The van der Waals surface area contributed by atoms with Crippen molar-refractivity contribution in [2.75, 3.05) is 5.75 Å². The first-order valence-corrected chi connectivity index (χ1v) is 5.75. The van der Waals surface area contributed by atoms with Gasteiger partial charge in [0, 0.05) is 18.5 Å². The van der Waals surface area contributed by atoms with E-state index in [1.807, 2.05) is 0 Å². The Morgan fingerprint density at radius 3 is 2.56 bits per heavy atom. The molecule has 0 unspecified atom stereocenters. The van der Waals surface area contributed by atoms with Crippen LogP contribution in [0.25, 0.3) is 0 Å². The van der Waals surface area contributed by atoms with Crippen LogP contribution in [0.3, 0.4) is 0 Å². The Kier molecular flexibility index (Phi) is 4.38. The van der Waals surface area contributed by atoms with E-state index in [0.29, 0.717) is 4.57 Å². The number of hydrogen-bond acceptors (Lipinski definition) is 4. The summed E-state index contributed by atoms with van der Waals surface area (Å²) in [7, 11) is 0. The number of ketones is 1. The second kappa shape index (κ2) is 5.42. The quantitative estimate of drug-likeness (QED) is 0.836. The Hall–Kier alpha value is -1.51. The predicted octanol–water partition coefficient (Wildman–Crippen LogP) is 0.992. The third-order valence-electron chi connectivity index (χ3n) is 2.02. The van der Waals surface area contributed by atoms with Gasteiger partial charge in [-0.3, -0.25) is 14.2 Å². The molecule has 100 valence electrons. The molecule has 0 fully saturated rings. The fraction of sp³-hybridized carbons (Fsp3) is 0.444. The van der Waals surface area contributed by atoms with Gasteiger partial charge < -0.3 is 4.98 Å². The zero-order valence-electron chi connectivity index (χ0n) is 9.21. The maximum absolute atomic E-state index is 11.9. The molecule has 1 aromatic heterocycles. The number of carbonyl (C=O) groups excluding carboxylic acids is 1. The van der Waals surface area contributed by atoms with Gasteiger partial charge in [0.05, 0.1) is 5.56 Å². The summed E-state index contributed by atoms with van der Waals surface area (Å²) >= 11 is -0.337. The van der Waals surface area contributed by atoms with Gasteiger partial charge in [-0.05, 0) is 18.7 Å². The second-order valence-electron chi connectivity index (χ2n) is 3.31. The number of aromatic nitrogens is 2. The van der Waals surface area contributed by atoms with Crippen LogP contribution < -0.4 is 11.2 Å². The fourth-order valence-electron chi connectivity index (χ4n) is 1.22. The van der Waals surface area contributed by atoms with E-state index in [4.69, 9.17) is 0 Å². The molecule has 0 aliphatic rings. The van der Waals surface area contributed by atoms with Gasteiger partial charge in [-0.2, -0.15) is 13.2 Å². The van der Waals surface area contributed by atoms with Crippen molar-refractivity contribution in [1.29, 1.82) is 0 Å². The van der Waals surface area contributed by atoms with Gasteiger partial charge in [-0.15, -0.1) is 0 Å². The Labute approximate surface area is 103 Å². The highest BCUT2D eigenvalue weighted by Crippen LogP contribution is 2.29. The van der Waals surface area contributed by atoms with E-state index in [2.05, 4.69) is 4.98 Å². The average Bonchev–Trinajstić information content (AvgIpc) is 2.20. The van der Waals surface area contributed by atoms with E-state index >= 15 is 0 Å². The number of nitrogens with zero attached hydrogens (tertiary/aromatic N) is 1. The largest absolute Gasteiger partial charge is 0.441 e. The lowest BCUT2D eigenvalue weighted by Gasteiger charge is -2.07. The van der Waals surface area contributed by atoms with Gasteiger partial charge in [-0.1, -0.05) is 0 Å². The number of H-pyrrole nitrogens is 1. The van der Waals surface area contributed by atoms with Gasteiger partial charge >= 0.3 is 11.2 Å². The summed E-state index contributed by atoms with van der Waals surface area (Å²) in [5, 5.41) is 0. The Morgan fingerprint density at radius 2 is 2.06 bits per heavy atom. The molecule has 1 heterocycles. The van der Waals surface area contributed by atoms with Crippen LogP contribution in [0.2, 0.25) is 0 Å². The number of halogens is 3. The van der Waals surface area contributed by atoms with Gasteiger partial charge in [0.25, 0.3) is 5.56 Å². The van der Waals surface area contributed by atoms with Crippen molar-refractivity contribution in [3.05, 3.63) is 32.6 Å². The molecule has 5 nitrogen and oxygen atoms in total. The molecule has 1 N–H and O–H groups in total. The number of aromatic amines is 1. The number of carbonyl (C=O) groups is 1. The second-order valence-corrected chi connectivity index (χ2v) is 4.47. The van der Waals surface area contributed by atoms with E-state index in [0.717, 1.165) is 13.1 Å². The van der Waals surface area contributed by atoms with Gasteiger partial charge in [0.1, 0.15) is 0 Å². The van der Waals surface area contributed by atoms with Crippen LogP contribution in [0.4, 0.5) is 13.2 Å². The molecule has 0 radical (unpaired) electrons. The van der Waals surface area contributed by atoms with Gasteiger partial charge in [0.2, 0.25) is 0 Å². The molecular weight excluding hydrogens is 273 g/mol. The third kappa shape index (κ3) is 3.76. The summed E-state index contributed by atoms with van der Waals surface area (Å²) in [5.74, 6) is -1.04. The number of rotatable bonds is 4. The van der Waals surface area contributed by atoms with E-state index in [-0.39, 0.29) is 17.3 Å². The minimum Gasteiger partial charge on any atom is -0.313 e. The number of nitrogens with one attached hydrogen (secondary N) is 1. The lowest BCUT2D eigenvalue weighted by Crippen LogP contribution is -2.38. The summed E-state index contributed by atoms with van der Waals surface area (Å²) in [6, 6.07) is 0. The number of hydrogen-bond donors (Lipinski definition) is 1. The van der Waals surface area contributed by atoms with Crippen molar-refractivity contribution in [1.82, 2.24) is 9.55 Å². The SMILES string of the molecule is CC(=O)c1c[nH]c(=O)n(CCSC(F)(F)F)c1=O. The monoisotopic (exact) mass is 282 g/mol. The predicted molar refractivity (Wildman–Crippen MR) is 59.8 cm³/mol. The molecule has 0 aliphatic carbocycles. The molecular formula is C9H9F3N2O3S. The average molecular weight is 282 g/mol. The van der Waals surface area contributed by atoms with Gasteiger partial charge in [0.15, 0.2) is 5.78 Å². The molecule has 0 aliphatic heterocycles. The van der Waals surface area contributed by atoms with E-state index < -0.39 is 34.8 Å². The molecule has 18 heavy (non-hydrogen) atoms. The number of alkyl halides is 3. The van der Waals surface area contributed by atoms with Crippen LogP contribution >= 0.6 is 11.8 Å². The normalized spacial score (nSPS) is 11.6. The highest BCUT2D eigenvalue weighted by atomic mass is 32.2. The van der Waals surface area contributed by atoms with Crippen LogP contribution in [0.5, 0.6) is 0 Å². The molecule has 0 atom stereocenters. The Balaban J connectivity index is 2.96. The molecule has 0 spiro atoms. The minimum absolute atomic E-state index is 0.258. The fourth-order valence-corrected chi connectivity index (χ4v) is 1.72. The van der Waals surface area contributed by atoms with Gasteiger partial charge in [-0.25, -0.2) is 4.79 Å². The van der Waals surface area contributed by atoms with Crippen molar-refractivity contribution in [3.8, 4) is 0 Å². The first kappa shape index (κ1) is 14.6. The summed E-state index contributed by atoms with van der Waals surface area (Å²) in [6.45, 7) is 0.712. The Morgan fingerprint density at radius 1 is 1.44 bits per heavy atom. The molecule has 0 saturated heterocycles. The maximum atomic E-state index is 11.9. The van der Waals surface area contributed by atoms with Crippen molar-refractivity contribution in [2.24, 2.45) is 0 Å². The third-order valence-corrected chi connectivity index (χ3v) is 2.73. The zero-order chi connectivity index (χ0) is 13.9. The summed E-state index contributed by atoms with van der Waals surface area (Å²) < 4.78 is 36.3. The molecule has 0 bridgehead atoms. The Bertz CT molecular complexity index is 561. The minimum atomic E-state index is -4.42.